The third kappa shape index (κ3) is 3.68. The van der Waals surface area contributed by atoms with Gasteiger partial charge in [-0.15, -0.1) is 0 Å². The highest BCUT2D eigenvalue weighted by molar-refractivity contribution is 5.85. The molecule has 0 radical (unpaired) electrons. The summed E-state index contributed by atoms with van der Waals surface area (Å²) >= 11 is 0. The second kappa shape index (κ2) is 7.26. The van der Waals surface area contributed by atoms with E-state index in [1.165, 1.54) is 16.3 Å². The quantitative estimate of drug-likeness (QED) is 0.839. The van der Waals surface area contributed by atoms with Crippen LogP contribution in [0.5, 0.6) is 0 Å². The molecule has 2 nitrogen and oxygen atoms in total. The van der Waals surface area contributed by atoms with Crippen molar-refractivity contribution >= 4 is 10.8 Å². The Morgan fingerprint density at radius 1 is 1.05 bits per heavy atom. The lowest BCUT2D eigenvalue weighted by Gasteiger charge is -2.38. The summed E-state index contributed by atoms with van der Waals surface area (Å²) in [7, 11) is 4.28. The Kier molecular flexibility index (Phi) is 5.60. The topological polar surface area (TPSA) is 29.3 Å². The normalized spacial score (nSPS) is 14.7. The molecular weight excluding hydrogens is 268 g/mol. The van der Waals surface area contributed by atoms with Crippen molar-refractivity contribution in [3.05, 3.63) is 48.0 Å². The molecule has 0 unspecified atom stereocenters. The average Bonchev–Trinajstić information content (AvgIpc) is 2.51. The third-order valence-corrected chi connectivity index (χ3v) is 5.11. The van der Waals surface area contributed by atoms with E-state index in [1.807, 2.05) is 0 Å². The van der Waals surface area contributed by atoms with Gasteiger partial charge in [0.25, 0.3) is 0 Å². The summed E-state index contributed by atoms with van der Waals surface area (Å²) in [6.45, 7) is 6.45. The Labute approximate surface area is 135 Å². The van der Waals surface area contributed by atoms with E-state index < -0.39 is 0 Å². The molecule has 0 saturated carbocycles. The van der Waals surface area contributed by atoms with Gasteiger partial charge in [-0.3, -0.25) is 0 Å². The van der Waals surface area contributed by atoms with E-state index in [1.54, 1.807) is 0 Å². The van der Waals surface area contributed by atoms with E-state index in [0.717, 1.165) is 25.9 Å². The zero-order valence-corrected chi connectivity index (χ0v) is 14.5. The Balaban J connectivity index is 2.36. The largest absolute Gasteiger partial charge is 0.330 e. The molecule has 2 rings (SSSR count). The fraction of sp³-hybridized carbons (Fsp3) is 0.500. The molecule has 0 spiro atoms. The minimum atomic E-state index is 0.161. The van der Waals surface area contributed by atoms with Gasteiger partial charge in [0.05, 0.1) is 0 Å². The first-order valence-corrected chi connectivity index (χ1v) is 8.30. The van der Waals surface area contributed by atoms with Crippen LogP contribution in [0.15, 0.2) is 42.5 Å². The number of nitrogens with two attached hydrogens (primary N) is 1. The van der Waals surface area contributed by atoms with Crippen molar-refractivity contribution in [3.8, 4) is 0 Å². The lowest BCUT2D eigenvalue weighted by molar-refractivity contribution is 0.160. The number of benzene rings is 2. The van der Waals surface area contributed by atoms with Crippen molar-refractivity contribution in [2.75, 3.05) is 27.2 Å². The SMILES string of the molecule is CC(C)[C@@](CN)(CCN(C)C)Cc1cccc2ccccc12. The first-order valence-electron chi connectivity index (χ1n) is 8.30. The molecule has 1 atom stereocenters. The van der Waals surface area contributed by atoms with Gasteiger partial charge in [-0.2, -0.15) is 0 Å². The van der Waals surface area contributed by atoms with Gasteiger partial charge in [-0.25, -0.2) is 0 Å². The molecule has 2 heteroatoms. The van der Waals surface area contributed by atoms with E-state index in [0.29, 0.717) is 5.92 Å². The second-order valence-corrected chi connectivity index (χ2v) is 7.09. The minimum absolute atomic E-state index is 0.161. The van der Waals surface area contributed by atoms with Crippen LogP contribution in [0.25, 0.3) is 10.8 Å². The molecule has 0 aliphatic heterocycles. The molecule has 0 aromatic heterocycles. The van der Waals surface area contributed by atoms with Gasteiger partial charge in [0.2, 0.25) is 0 Å². The zero-order chi connectivity index (χ0) is 16.2. The molecule has 0 saturated heterocycles. The van der Waals surface area contributed by atoms with Crippen LogP contribution in [0.1, 0.15) is 25.8 Å². The molecule has 2 N–H and O–H groups in total. The van der Waals surface area contributed by atoms with Crippen molar-refractivity contribution in [1.82, 2.24) is 4.90 Å². The second-order valence-electron chi connectivity index (χ2n) is 7.09. The van der Waals surface area contributed by atoms with Crippen LogP contribution < -0.4 is 5.73 Å². The minimum Gasteiger partial charge on any atom is -0.330 e. The van der Waals surface area contributed by atoms with E-state index in [2.05, 4.69) is 75.3 Å². The number of hydrogen-bond acceptors (Lipinski definition) is 2. The fourth-order valence-electron chi connectivity index (χ4n) is 3.26. The van der Waals surface area contributed by atoms with Crippen LogP contribution in [0.4, 0.5) is 0 Å². The molecule has 22 heavy (non-hydrogen) atoms. The van der Waals surface area contributed by atoms with Crippen molar-refractivity contribution in [2.45, 2.75) is 26.7 Å². The average molecular weight is 298 g/mol. The zero-order valence-electron chi connectivity index (χ0n) is 14.5. The van der Waals surface area contributed by atoms with E-state index in [4.69, 9.17) is 5.73 Å². The van der Waals surface area contributed by atoms with Crippen molar-refractivity contribution in [1.29, 1.82) is 0 Å². The van der Waals surface area contributed by atoms with Gasteiger partial charge in [0.15, 0.2) is 0 Å². The number of fused-ring (bicyclic) bond motifs is 1. The van der Waals surface area contributed by atoms with E-state index >= 15 is 0 Å². The van der Waals surface area contributed by atoms with Gasteiger partial charge < -0.3 is 10.6 Å². The Morgan fingerprint density at radius 3 is 2.36 bits per heavy atom. The maximum Gasteiger partial charge on any atom is -0.00144 e. The van der Waals surface area contributed by atoms with E-state index in [-0.39, 0.29) is 5.41 Å². The molecule has 120 valence electrons. The standard InChI is InChI=1S/C20H30N2/c1-16(2)20(15-21,12-13-22(3)4)14-18-10-7-9-17-8-5-6-11-19(17)18/h5-11,16H,12-15,21H2,1-4H3/t20-/m0/s1. The fourth-order valence-corrected chi connectivity index (χ4v) is 3.26. The molecule has 0 heterocycles. The molecular formula is C20H30N2. The van der Waals surface area contributed by atoms with Crippen molar-refractivity contribution < 1.29 is 0 Å². The predicted molar refractivity (Wildman–Crippen MR) is 97.1 cm³/mol. The first kappa shape index (κ1) is 17.0. The van der Waals surface area contributed by atoms with Crippen LogP contribution in [0, 0.1) is 11.3 Å². The van der Waals surface area contributed by atoms with Gasteiger partial charge in [0, 0.05) is 0 Å². The Bertz CT molecular complexity index is 598. The molecule has 0 amide bonds. The Morgan fingerprint density at radius 2 is 1.73 bits per heavy atom. The van der Waals surface area contributed by atoms with Crippen LogP contribution in [-0.2, 0) is 6.42 Å². The molecule has 0 bridgehead atoms. The maximum absolute atomic E-state index is 6.27. The molecule has 0 aliphatic rings. The molecule has 0 aliphatic carbocycles. The molecule has 2 aromatic carbocycles. The summed E-state index contributed by atoms with van der Waals surface area (Å²) in [6, 6.07) is 15.3. The van der Waals surface area contributed by atoms with Crippen LogP contribution in [0.3, 0.4) is 0 Å². The van der Waals surface area contributed by atoms with E-state index in [9.17, 15) is 0 Å². The van der Waals surface area contributed by atoms with Gasteiger partial charge in [-0.1, -0.05) is 56.3 Å². The van der Waals surface area contributed by atoms with Crippen LogP contribution in [-0.4, -0.2) is 32.1 Å². The monoisotopic (exact) mass is 298 g/mol. The number of rotatable bonds is 7. The highest BCUT2D eigenvalue weighted by Crippen LogP contribution is 2.36. The van der Waals surface area contributed by atoms with Crippen LogP contribution in [0.2, 0.25) is 0 Å². The van der Waals surface area contributed by atoms with Gasteiger partial charge in [0.1, 0.15) is 0 Å². The Hall–Kier alpha value is -1.38. The highest BCUT2D eigenvalue weighted by Gasteiger charge is 2.32. The lowest BCUT2D eigenvalue weighted by Crippen LogP contribution is -2.40. The van der Waals surface area contributed by atoms with Crippen molar-refractivity contribution in [3.63, 3.8) is 0 Å². The first-order chi connectivity index (χ1) is 10.5. The third-order valence-electron chi connectivity index (χ3n) is 5.11. The highest BCUT2D eigenvalue weighted by atomic mass is 15.0. The molecule has 2 aromatic rings. The molecule has 0 fully saturated rings. The van der Waals surface area contributed by atoms with Gasteiger partial charge >= 0.3 is 0 Å². The van der Waals surface area contributed by atoms with Crippen molar-refractivity contribution in [2.24, 2.45) is 17.1 Å². The predicted octanol–water partition coefficient (Wildman–Crippen LogP) is 3.94. The summed E-state index contributed by atoms with van der Waals surface area (Å²) < 4.78 is 0. The lowest BCUT2D eigenvalue weighted by atomic mass is 9.70. The summed E-state index contributed by atoms with van der Waals surface area (Å²) in [6.07, 6.45) is 2.19. The summed E-state index contributed by atoms with van der Waals surface area (Å²) in [4.78, 5) is 2.26. The maximum atomic E-state index is 6.27. The summed E-state index contributed by atoms with van der Waals surface area (Å²) in [5.41, 5.74) is 7.86. The number of nitrogens with zero attached hydrogens (tertiary/aromatic N) is 1. The van der Waals surface area contributed by atoms with Crippen LogP contribution >= 0.6 is 0 Å². The summed E-state index contributed by atoms with van der Waals surface area (Å²) in [5.74, 6) is 0.566. The smallest absolute Gasteiger partial charge is 0.00144 e. The number of hydrogen-bond donors (Lipinski definition) is 1. The summed E-state index contributed by atoms with van der Waals surface area (Å²) in [5, 5.41) is 2.69. The van der Waals surface area contributed by atoms with Gasteiger partial charge in [-0.05, 0) is 67.7 Å².